The van der Waals surface area contributed by atoms with Crippen molar-refractivity contribution < 1.29 is 9.72 Å². The number of carbonyl (C=O) groups excluding carboxylic acids is 1. The van der Waals surface area contributed by atoms with Crippen LogP contribution in [0.3, 0.4) is 0 Å². The Balaban J connectivity index is 1.66. The molecular formula is C16H15ClN6O3. The molecular weight excluding hydrogens is 360 g/mol. The van der Waals surface area contributed by atoms with Gasteiger partial charge in [-0.3, -0.25) is 9.48 Å². The van der Waals surface area contributed by atoms with Crippen LogP contribution in [0.4, 0.5) is 11.5 Å². The number of benzene rings is 1. The number of nitrogens with zero attached hydrogens (tertiary/aromatic N) is 5. The van der Waals surface area contributed by atoms with Crippen molar-refractivity contribution in [3.63, 3.8) is 0 Å². The van der Waals surface area contributed by atoms with Gasteiger partial charge >= 0.3 is 5.82 Å². The van der Waals surface area contributed by atoms with Crippen LogP contribution in [-0.4, -0.2) is 30.4 Å². The Bertz CT molecular complexity index is 965. The fourth-order valence-corrected chi connectivity index (χ4v) is 2.59. The molecule has 10 heteroatoms. The molecule has 3 rings (SSSR count). The Labute approximate surface area is 153 Å². The normalized spacial score (nSPS) is 10.7. The van der Waals surface area contributed by atoms with Crippen LogP contribution in [0.5, 0.6) is 0 Å². The first-order valence-corrected chi connectivity index (χ1v) is 8.04. The first-order valence-electron chi connectivity index (χ1n) is 7.66. The van der Waals surface area contributed by atoms with Gasteiger partial charge < -0.3 is 15.4 Å². The molecule has 0 aliphatic carbocycles. The summed E-state index contributed by atoms with van der Waals surface area (Å²) in [7, 11) is 0. The van der Waals surface area contributed by atoms with Crippen LogP contribution >= 0.6 is 11.6 Å². The van der Waals surface area contributed by atoms with E-state index in [1.54, 1.807) is 30.1 Å². The Morgan fingerprint density at radius 1 is 1.38 bits per heavy atom. The molecule has 0 aliphatic rings. The summed E-state index contributed by atoms with van der Waals surface area (Å²) in [5.41, 5.74) is 2.09. The highest BCUT2D eigenvalue weighted by Crippen LogP contribution is 2.14. The van der Waals surface area contributed by atoms with E-state index in [1.165, 1.54) is 10.7 Å². The van der Waals surface area contributed by atoms with Crippen molar-refractivity contribution in [1.82, 2.24) is 19.6 Å². The number of halogens is 1. The maximum absolute atomic E-state index is 12.2. The Morgan fingerprint density at radius 2 is 2.19 bits per heavy atom. The molecule has 0 spiro atoms. The van der Waals surface area contributed by atoms with Crippen LogP contribution in [0.2, 0.25) is 5.02 Å². The van der Waals surface area contributed by atoms with Gasteiger partial charge in [0, 0.05) is 11.9 Å². The van der Waals surface area contributed by atoms with Crippen molar-refractivity contribution in [2.45, 2.75) is 20.0 Å². The van der Waals surface area contributed by atoms with Crippen LogP contribution in [0.1, 0.15) is 11.3 Å². The average molecular weight is 375 g/mol. The predicted octanol–water partition coefficient (Wildman–Crippen LogP) is 2.64. The zero-order chi connectivity index (χ0) is 18.7. The maximum atomic E-state index is 12.2. The maximum Gasteiger partial charge on any atom is 0.390 e. The third kappa shape index (κ3) is 4.25. The highest BCUT2D eigenvalue weighted by molar-refractivity contribution is 6.30. The van der Waals surface area contributed by atoms with E-state index >= 15 is 0 Å². The van der Waals surface area contributed by atoms with Crippen molar-refractivity contribution in [1.29, 1.82) is 0 Å². The standard InChI is InChI=1S/C16H15ClN6O3/c1-11-5-15(23(25)26)20-22(11)10-16(24)19-14-4-2-3-12(6-14)8-21-9-13(17)7-18-21/h2-7,9H,8,10H2,1H3,(H,19,24). The van der Waals surface area contributed by atoms with Crippen molar-refractivity contribution in [3.8, 4) is 0 Å². The average Bonchev–Trinajstić information content (AvgIpc) is 3.14. The van der Waals surface area contributed by atoms with Gasteiger partial charge in [-0.15, -0.1) is 0 Å². The molecule has 134 valence electrons. The molecule has 0 atom stereocenters. The van der Waals surface area contributed by atoms with E-state index in [0.717, 1.165) is 5.56 Å². The summed E-state index contributed by atoms with van der Waals surface area (Å²) in [5.74, 6) is -0.611. The molecule has 0 bridgehead atoms. The molecule has 0 radical (unpaired) electrons. The Hall–Kier alpha value is -3.20. The molecule has 1 aromatic carbocycles. The number of rotatable bonds is 6. The van der Waals surface area contributed by atoms with Crippen LogP contribution in [0.15, 0.2) is 42.7 Å². The van der Waals surface area contributed by atoms with E-state index in [9.17, 15) is 14.9 Å². The van der Waals surface area contributed by atoms with E-state index in [-0.39, 0.29) is 18.3 Å². The van der Waals surface area contributed by atoms with Crippen molar-refractivity contribution >= 4 is 29.0 Å². The number of aromatic nitrogens is 4. The molecule has 0 saturated carbocycles. The molecule has 0 unspecified atom stereocenters. The molecule has 26 heavy (non-hydrogen) atoms. The lowest BCUT2D eigenvalue weighted by atomic mass is 10.2. The van der Waals surface area contributed by atoms with E-state index in [4.69, 9.17) is 11.6 Å². The van der Waals surface area contributed by atoms with Gasteiger partial charge in [-0.25, -0.2) is 0 Å². The molecule has 0 saturated heterocycles. The predicted molar refractivity (Wildman–Crippen MR) is 95.0 cm³/mol. The fraction of sp³-hybridized carbons (Fsp3) is 0.188. The molecule has 1 N–H and O–H groups in total. The number of nitrogens with one attached hydrogen (secondary N) is 1. The third-order valence-electron chi connectivity index (χ3n) is 3.61. The monoisotopic (exact) mass is 374 g/mol. The number of anilines is 1. The summed E-state index contributed by atoms with van der Waals surface area (Å²) in [6.45, 7) is 2.06. The van der Waals surface area contributed by atoms with Gasteiger partial charge in [-0.1, -0.05) is 23.7 Å². The second-order valence-electron chi connectivity index (χ2n) is 5.66. The van der Waals surface area contributed by atoms with Gasteiger partial charge in [0.05, 0.1) is 34.6 Å². The summed E-state index contributed by atoms with van der Waals surface area (Å²) in [5, 5.41) is 22.0. The van der Waals surface area contributed by atoms with Crippen LogP contribution in [0.25, 0.3) is 0 Å². The third-order valence-corrected chi connectivity index (χ3v) is 3.80. The number of nitro groups is 1. The van der Waals surface area contributed by atoms with E-state index in [0.29, 0.717) is 22.9 Å². The highest BCUT2D eigenvalue weighted by atomic mass is 35.5. The van der Waals surface area contributed by atoms with Crippen LogP contribution in [-0.2, 0) is 17.9 Å². The van der Waals surface area contributed by atoms with Crippen LogP contribution < -0.4 is 5.32 Å². The van der Waals surface area contributed by atoms with Crippen LogP contribution in [0, 0.1) is 17.0 Å². The Morgan fingerprint density at radius 3 is 2.85 bits per heavy atom. The van der Waals surface area contributed by atoms with Gasteiger partial charge in [0.15, 0.2) is 0 Å². The highest BCUT2D eigenvalue weighted by Gasteiger charge is 2.17. The number of hydrogen-bond donors (Lipinski definition) is 1. The zero-order valence-electron chi connectivity index (χ0n) is 13.8. The van der Waals surface area contributed by atoms with Gasteiger partial charge in [-0.2, -0.15) is 9.78 Å². The fourth-order valence-electron chi connectivity index (χ4n) is 2.44. The first kappa shape index (κ1) is 17.6. The number of carbonyl (C=O) groups is 1. The summed E-state index contributed by atoms with van der Waals surface area (Å²) in [6.07, 6.45) is 3.26. The first-order chi connectivity index (χ1) is 12.4. The second-order valence-corrected chi connectivity index (χ2v) is 6.10. The molecule has 2 heterocycles. The lowest BCUT2D eigenvalue weighted by Gasteiger charge is -2.07. The van der Waals surface area contributed by atoms with Crippen molar-refractivity contribution in [2.24, 2.45) is 0 Å². The van der Waals surface area contributed by atoms with Crippen molar-refractivity contribution in [3.05, 3.63) is 69.1 Å². The van der Waals surface area contributed by atoms with E-state index < -0.39 is 4.92 Å². The summed E-state index contributed by atoms with van der Waals surface area (Å²) >= 11 is 5.85. The SMILES string of the molecule is Cc1cc([N+](=O)[O-])nn1CC(=O)Nc1cccc(Cn2cc(Cl)cn2)c1. The minimum Gasteiger partial charge on any atom is -0.358 e. The topological polar surface area (TPSA) is 108 Å². The lowest BCUT2D eigenvalue weighted by molar-refractivity contribution is -0.389. The molecule has 0 aliphatic heterocycles. The quantitative estimate of drug-likeness (QED) is 0.527. The number of hydrogen-bond acceptors (Lipinski definition) is 5. The molecule has 9 nitrogen and oxygen atoms in total. The molecule has 0 fully saturated rings. The molecule has 2 aromatic heterocycles. The smallest absolute Gasteiger partial charge is 0.358 e. The van der Waals surface area contributed by atoms with Crippen molar-refractivity contribution in [2.75, 3.05) is 5.32 Å². The zero-order valence-corrected chi connectivity index (χ0v) is 14.6. The van der Waals surface area contributed by atoms with Gasteiger partial charge in [-0.05, 0) is 29.5 Å². The minimum absolute atomic E-state index is 0.112. The second kappa shape index (κ2) is 7.36. The lowest BCUT2D eigenvalue weighted by Crippen LogP contribution is -2.20. The summed E-state index contributed by atoms with van der Waals surface area (Å²) < 4.78 is 2.98. The largest absolute Gasteiger partial charge is 0.390 e. The summed E-state index contributed by atoms with van der Waals surface area (Å²) in [4.78, 5) is 22.4. The van der Waals surface area contributed by atoms with E-state index in [2.05, 4.69) is 15.5 Å². The minimum atomic E-state index is -0.591. The van der Waals surface area contributed by atoms with Gasteiger partial charge in [0.2, 0.25) is 5.91 Å². The number of amides is 1. The number of aryl methyl sites for hydroxylation is 1. The van der Waals surface area contributed by atoms with E-state index in [1.807, 2.05) is 18.2 Å². The van der Waals surface area contributed by atoms with Gasteiger partial charge in [0.25, 0.3) is 0 Å². The van der Waals surface area contributed by atoms with Gasteiger partial charge in [0.1, 0.15) is 6.54 Å². The molecule has 3 aromatic rings. The Kier molecular flexibility index (Phi) is 4.99. The summed E-state index contributed by atoms with van der Waals surface area (Å²) in [6, 6.07) is 8.64. The molecule has 1 amide bonds.